The van der Waals surface area contributed by atoms with E-state index in [2.05, 4.69) is 49.7 Å². The number of carbonyl (C=O) groups is 1. The minimum Gasteiger partial charge on any atom is -0.357 e. The molecule has 3 N–H and O–H groups in total. The number of aliphatic imine (C=N–C) groups is 1. The quantitative estimate of drug-likeness (QED) is 0.574. The summed E-state index contributed by atoms with van der Waals surface area (Å²) in [5, 5.41) is 9.61. The molecule has 1 aliphatic heterocycles. The summed E-state index contributed by atoms with van der Waals surface area (Å²) < 4.78 is 0. The van der Waals surface area contributed by atoms with Crippen molar-refractivity contribution in [2.24, 2.45) is 10.4 Å². The van der Waals surface area contributed by atoms with Crippen molar-refractivity contribution in [1.29, 1.82) is 0 Å². The summed E-state index contributed by atoms with van der Waals surface area (Å²) in [5.41, 5.74) is 2.39. The first-order valence-corrected chi connectivity index (χ1v) is 8.80. The van der Waals surface area contributed by atoms with Crippen molar-refractivity contribution in [1.82, 2.24) is 10.6 Å². The van der Waals surface area contributed by atoms with E-state index in [1.54, 1.807) is 0 Å². The van der Waals surface area contributed by atoms with Crippen LogP contribution in [-0.2, 0) is 4.79 Å². The maximum atomic E-state index is 11.9. The molecule has 1 aromatic carbocycles. The number of fused-ring (bicyclic) bond motifs is 1. The average Bonchev–Trinajstić information content (AvgIpc) is 2.51. The predicted octanol–water partition coefficient (Wildman–Crippen LogP) is 3.10. The van der Waals surface area contributed by atoms with Gasteiger partial charge in [-0.1, -0.05) is 39.0 Å². The van der Waals surface area contributed by atoms with Crippen LogP contribution in [0.3, 0.4) is 0 Å². The maximum absolute atomic E-state index is 11.9. The molecule has 0 aromatic heterocycles. The first kappa shape index (κ1) is 18.3. The van der Waals surface area contributed by atoms with Gasteiger partial charge in [-0.15, -0.1) is 0 Å². The summed E-state index contributed by atoms with van der Waals surface area (Å²) in [6, 6.07) is 7.99. The molecule has 0 bridgehead atoms. The van der Waals surface area contributed by atoms with Crippen molar-refractivity contribution in [3.63, 3.8) is 0 Å². The number of amides is 1. The van der Waals surface area contributed by atoms with Gasteiger partial charge >= 0.3 is 0 Å². The van der Waals surface area contributed by atoms with E-state index >= 15 is 0 Å². The van der Waals surface area contributed by atoms with Crippen molar-refractivity contribution in [2.75, 3.05) is 25.0 Å². The van der Waals surface area contributed by atoms with Crippen LogP contribution >= 0.6 is 0 Å². The van der Waals surface area contributed by atoms with Gasteiger partial charge in [-0.25, -0.2) is 0 Å². The third-order valence-electron chi connectivity index (χ3n) is 4.09. The van der Waals surface area contributed by atoms with Crippen LogP contribution in [0.25, 0.3) is 0 Å². The molecule has 5 nitrogen and oxygen atoms in total. The summed E-state index contributed by atoms with van der Waals surface area (Å²) in [5.74, 6) is 1.03. The van der Waals surface area contributed by atoms with Gasteiger partial charge in [0.2, 0.25) is 5.91 Å². The van der Waals surface area contributed by atoms with Crippen LogP contribution in [0.5, 0.6) is 0 Å². The van der Waals surface area contributed by atoms with Gasteiger partial charge in [0, 0.05) is 31.1 Å². The van der Waals surface area contributed by atoms with E-state index in [0.717, 1.165) is 31.2 Å². The predicted molar refractivity (Wildman–Crippen MR) is 100 cm³/mol. The second kappa shape index (κ2) is 8.18. The fourth-order valence-electron chi connectivity index (χ4n) is 2.76. The first-order valence-electron chi connectivity index (χ1n) is 8.80. The molecule has 1 unspecified atom stereocenters. The van der Waals surface area contributed by atoms with Crippen molar-refractivity contribution < 1.29 is 4.79 Å². The Balaban J connectivity index is 2.01. The lowest BCUT2D eigenvalue weighted by Gasteiger charge is -2.25. The molecule has 1 atom stereocenters. The van der Waals surface area contributed by atoms with Crippen LogP contribution in [0.2, 0.25) is 0 Å². The first-order chi connectivity index (χ1) is 11.4. The summed E-state index contributed by atoms with van der Waals surface area (Å²) in [7, 11) is 0. The number of nitrogens with zero attached hydrogens (tertiary/aromatic N) is 1. The van der Waals surface area contributed by atoms with E-state index in [1.807, 2.05) is 18.2 Å². The zero-order chi connectivity index (χ0) is 17.6. The Labute approximate surface area is 145 Å². The Kier molecular flexibility index (Phi) is 6.23. The highest BCUT2D eigenvalue weighted by Gasteiger charge is 2.24. The molecule has 132 valence electrons. The molecule has 0 saturated carbocycles. The number of para-hydroxylation sites is 1. The third kappa shape index (κ3) is 5.55. The van der Waals surface area contributed by atoms with E-state index < -0.39 is 0 Å². The van der Waals surface area contributed by atoms with E-state index in [1.165, 1.54) is 5.56 Å². The molecular weight excluding hydrogens is 300 g/mol. The summed E-state index contributed by atoms with van der Waals surface area (Å²) in [6.07, 6.45) is 1.56. The van der Waals surface area contributed by atoms with E-state index in [-0.39, 0.29) is 11.8 Å². The second-order valence-electron chi connectivity index (χ2n) is 7.49. The van der Waals surface area contributed by atoms with Gasteiger partial charge in [0.1, 0.15) is 0 Å². The molecule has 0 spiro atoms. The zero-order valence-corrected chi connectivity index (χ0v) is 15.3. The van der Waals surface area contributed by atoms with Gasteiger partial charge < -0.3 is 16.0 Å². The molecule has 0 fully saturated rings. The smallest absolute Gasteiger partial charge is 0.225 e. The number of benzene rings is 1. The largest absolute Gasteiger partial charge is 0.357 e. The Hall–Kier alpha value is -2.04. The van der Waals surface area contributed by atoms with Gasteiger partial charge in [0.05, 0.1) is 6.54 Å². The Morgan fingerprint density at radius 3 is 2.75 bits per heavy atom. The van der Waals surface area contributed by atoms with Crippen molar-refractivity contribution in [3.05, 3.63) is 29.8 Å². The number of hydrogen-bond acceptors (Lipinski definition) is 2. The number of hydrogen-bond donors (Lipinski definition) is 3. The Morgan fingerprint density at radius 1 is 1.29 bits per heavy atom. The van der Waals surface area contributed by atoms with Crippen molar-refractivity contribution in [3.8, 4) is 0 Å². The average molecular weight is 330 g/mol. The molecule has 0 radical (unpaired) electrons. The highest BCUT2D eigenvalue weighted by atomic mass is 16.1. The molecule has 1 amide bonds. The summed E-state index contributed by atoms with van der Waals surface area (Å²) in [4.78, 5) is 16.6. The summed E-state index contributed by atoms with van der Waals surface area (Å²) in [6.45, 7) is 11.1. The number of nitrogens with one attached hydrogen (secondary N) is 3. The molecule has 1 heterocycles. The highest BCUT2D eigenvalue weighted by Crippen LogP contribution is 2.31. The van der Waals surface area contributed by atoms with Gasteiger partial charge in [0.25, 0.3) is 0 Å². The minimum absolute atomic E-state index is 0.0691. The van der Waals surface area contributed by atoms with Crippen LogP contribution in [0, 0.1) is 5.41 Å². The fraction of sp³-hybridized carbons (Fsp3) is 0.579. The number of guanidine groups is 1. The molecule has 5 heteroatoms. The van der Waals surface area contributed by atoms with Crippen LogP contribution in [0.15, 0.2) is 29.3 Å². The lowest BCUT2D eigenvalue weighted by molar-refractivity contribution is -0.116. The number of rotatable bonds is 5. The third-order valence-corrected chi connectivity index (χ3v) is 4.09. The van der Waals surface area contributed by atoms with Crippen LogP contribution in [0.1, 0.15) is 52.0 Å². The van der Waals surface area contributed by atoms with Gasteiger partial charge in [-0.05, 0) is 30.4 Å². The Bertz CT molecular complexity index is 589. The van der Waals surface area contributed by atoms with Crippen LogP contribution in [-0.4, -0.2) is 31.5 Å². The fourth-order valence-corrected chi connectivity index (χ4v) is 2.76. The molecule has 24 heavy (non-hydrogen) atoms. The van der Waals surface area contributed by atoms with Crippen LogP contribution in [0.4, 0.5) is 5.69 Å². The molecule has 0 saturated heterocycles. The zero-order valence-electron chi connectivity index (χ0n) is 15.3. The normalized spacial score (nSPS) is 17.9. The molecule has 0 aliphatic carbocycles. The van der Waals surface area contributed by atoms with Crippen molar-refractivity contribution in [2.45, 2.75) is 46.5 Å². The Morgan fingerprint density at radius 2 is 2.04 bits per heavy atom. The van der Waals surface area contributed by atoms with Crippen molar-refractivity contribution >= 4 is 17.6 Å². The van der Waals surface area contributed by atoms with E-state index in [0.29, 0.717) is 18.4 Å². The minimum atomic E-state index is 0.0691. The van der Waals surface area contributed by atoms with E-state index in [4.69, 9.17) is 4.99 Å². The maximum Gasteiger partial charge on any atom is 0.225 e. The molecule has 1 aliphatic rings. The highest BCUT2D eigenvalue weighted by molar-refractivity contribution is 5.94. The number of anilines is 1. The summed E-state index contributed by atoms with van der Waals surface area (Å²) >= 11 is 0. The van der Waals surface area contributed by atoms with E-state index in [9.17, 15) is 4.79 Å². The lowest BCUT2D eigenvalue weighted by atomic mass is 9.91. The molecule has 2 rings (SSSR count). The molecule has 1 aromatic rings. The van der Waals surface area contributed by atoms with Gasteiger partial charge in [-0.3, -0.25) is 9.79 Å². The second-order valence-corrected chi connectivity index (χ2v) is 7.49. The van der Waals surface area contributed by atoms with Crippen LogP contribution < -0.4 is 16.0 Å². The standard InChI is InChI=1S/C19H30N4O/c1-5-20-18(21-11-10-19(2,3)4)22-13-14-12-17(24)23-16-9-7-6-8-15(14)16/h6-9,14H,5,10-13H2,1-4H3,(H,23,24)(H2,20,21,22). The van der Waals surface area contributed by atoms with Gasteiger partial charge in [-0.2, -0.15) is 0 Å². The number of carbonyl (C=O) groups excluding carboxylic acids is 1. The monoisotopic (exact) mass is 330 g/mol. The molecular formula is C19H30N4O. The SMILES string of the molecule is CCNC(=NCC1CC(=O)Nc2ccccc21)NCCC(C)(C)C. The lowest BCUT2D eigenvalue weighted by Crippen LogP contribution is -2.39. The van der Waals surface area contributed by atoms with Gasteiger partial charge in [0.15, 0.2) is 5.96 Å². The topological polar surface area (TPSA) is 65.5 Å².